The van der Waals surface area contributed by atoms with Crippen LogP contribution in [0.15, 0.2) is 48.5 Å². The van der Waals surface area contributed by atoms with Gasteiger partial charge in [-0.1, -0.05) is 100 Å². The summed E-state index contributed by atoms with van der Waals surface area (Å²) in [4.78, 5) is 24.4. The number of fused-ring (bicyclic) bond motifs is 3. The molecule has 0 heterocycles. The van der Waals surface area contributed by atoms with Crippen molar-refractivity contribution in [2.75, 3.05) is 13.2 Å². The fraction of sp³-hybridized carbons (Fsp3) is 0.562. The molecule has 0 aromatic heterocycles. The summed E-state index contributed by atoms with van der Waals surface area (Å²) < 4.78 is 5.64. The van der Waals surface area contributed by atoms with E-state index in [1.165, 1.54) is 60.8 Å². The van der Waals surface area contributed by atoms with E-state index in [1.54, 1.807) is 0 Å². The van der Waals surface area contributed by atoms with E-state index < -0.39 is 0 Å². The summed E-state index contributed by atoms with van der Waals surface area (Å²) >= 11 is 0. The van der Waals surface area contributed by atoms with Gasteiger partial charge >= 0.3 is 6.09 Å². The van der Waals surface area contributed by atoms with Crippen LogP contribution in [-0.2, 0) is 9.53 Å². The standard InChI is InChI=1S/C32H46N2O3/c1-3-4-5-6-7-8-9-10-22-31(35)33-23-16-15-17-25(2)34-32(36)37-24-30-28-20-13-11-18-26(28)27-19-12-14-21-29(27)30/h11-14,18-21,25,30H,3-10,15-17,22-24H2,1-2H3,(H,33,35)(H,34,36). The summed E-state index contributed by atoms with van der Waals surface area (Å²) in [7, 11) is 0. The number of amides is 2. The minimum Gasteiger partial charge on any atom is -0.449 e. The largest absolute Gasteiger partial charge is 0.449 e. The van der Waals surface area contributed by atoms with Crippen molar-refractivity contribution in [3.63, 3.8) is 0 Å². The number of benzene rings is 2. The van der Waals surface area contributed by atoms with Crippen molar-refractivity contribution in [2.45, 2.75) is 103 Å². The van der Waals surface area contributed by atoms with Crippen molar-refractivity contribution < 1.29 is 14.3 Å². The maximum Gasteiger partial charge on any atom is 0.407 e. The maximum absolute atomic E-state index is 12.4. The molecule has 0 bridgehead atoms. The first kappa shape index (κ1) is 28.7. The molecule has 2 aromatic rings. The Balaban J connectivity index is 1.23. The minimum atomic E-state index is -0.368. The number of unbranched alkanes of at least 4 members (excludes halogenated alkanes) is 8. The molecule has 37 heavy (non-hydrogen) atoms. The number of alkyl carbamates (subject to hydrolysis) is 1. The van der Waals surface area contributed by atoms with Crippen LogP contribution in [0, 0.1) is 0 Å². The van der Waals surface area contributed by atoms with Crippen LogP contribution in [-0.4, -0.2) is 31.2 Å². The van der Waals surface area contributed by atoms with Gasteiger partial charge in [0.25, 0.3) is 0 Å². The van der Waals surface area contributed by atoms with Gasteiger partial charge < -0.3 is 15.4 Å². The number of carbonyl (C=O) groups excluding carboxylic acids is 2. The molecule has 0 radical (unpaired) electrons. The van der Waals surface area contributed by atoms with E-state index in [1.807, 2.05) is 19.1 Å². The normalized spacial score (nSPS) is 13.0. The minimum absolute atomic E-state index is 0.0312. The van der Waals surface area contributed by atoms with Crippen LogP contribution in [0.25, 0.3) is 11.1 Å². The van der Waals surface area contributed by atoms with Crippen molar-refractivity contribution in [3.05, 3.63) is 59.7 Å². The predicted molar refractivity (Wildman–Crippen MR) is 152 cm³/mol. The lowest BCUT2D eigenvalue weighted by Gasteiger charge is -2.17. The zero-order valence-electron chi connectivity index (χ0n) is 22.9. The molecule has 5 heteroatoms. The second-order valence-corrected chi connectivity index (χ2v) is 10.4. The summed E-state index contributed by atoms with van der Waals surface area (Å²) in [5.74, 6) is 0.235. The molecule has 1 atom stereocenters. The van der Waals surface area contributed by atoms with Gasteiger partial charge in [-0.3, -0.25) is 4.79 Å². The molecular formula is C32H46N2O3. The van der Waals surface area contributed by atoms with Gasteiger partial charge in [0.1, 0.15) is 6.61 Å². The topological polar surface area (TPSA) is 67.4 Å². The third-order valence-electron chi connectivity index (χ3n) is 7.35. The van der Waals surface area contributed by atoms with Gasteiger partial charge in [0, 0.05) is 24.9 Å². The third-order valence-corrected chi connectivity index (χ3v) is 7.35. The molecular weight excluding hydrogens is 460 g/mol. The number of hydrogen-bond acceptors (Lipinski definition) is 3. The average Bonchev–Trinajstić information content (AvgIpc) is 3.22. The lowest BCUT2D eigenvalue weighted by molar-refractivity contribution is -0.121. The van der Waals surface area contributed by atoms with E-state index in [-0.39, 0.29) is 24.0 Å². The number of carbonyl (C=O) groups is 2. The van der Waals surface area contributed by atoms with Crippen LogP contribution in [0.4, 0.5) is 4.79 Å². The van der Waals surface area contributed by atoms with Crippen molar-refractivity contribution in [2.24, 2.45) is 0 Å². The summed E-state index contributed by atoms with van der Waals surface area (Å²) in [5.41, 5.74) is 4.89. The highest BCUT2D eigenvalue weighted by Crippen LogP contribution is 2.44. The summed E-state index contributed by atoms with van der Waals surface area (Å²) in [6, 6.07) is 16.7. The molecule has 1 aliphatic rings. The van der Waals surface area contributed by atoms with E-state index in [0.717, 1.165) is 32.1 Å². The van der Waals surface area contributed by atoms with E-state index in [0.29, 0.717) is 19.6 Å². The molecule has 2 N–H and O–H groups in total. The second kappa shape index (κ2) is 16.1. The highest BCUT2D eigenvalue weighted by molar-refractivity contribution is 5.79. The predicted octanol–water partition coefficient (Wildman–Crippen LogP) is 7.73. The van der Waals surface area contributed by atoms with E-state index >= 15 is 0 Å². The lowest BCUT2D eigenvalue weighted by Crippen LogP contribution is -2.34. The van der Waals surface area contributed by atoms with Gasteiger partial charge in [0.05, 0.1) is 0 Å². The SMILES string of the molecule is CCCCCCCCCCC(=O)NCCCCC(C)NC(=O)OCC1c2ccccc2-c2ccccc21. The van der Waals surface area contributed by atoms with Crippen LogP contribution < -0.4 is 10.6 Å². The van der Waals surface area contributed by atoms with Crippen LogP contribution in [0.1, 0.15) is 108 Å². The molecule has 0 aliphatic heterocycles. The Morgan fingerprint density at radius 1 is 0.811 bits per heavy atom. The highest BCUT2D eigenvalue weighted by atomic mass is 16.5. The van der Waals surface area contributed by atoms with Crippen LogP contribution in [0.5, 0.6) is 0 Å². The number of ether oxygens (including phenoxy) is 1. The Kier molecular flexibility index (Phi) is 12.5. The van der Waals surface area contributed by atoms with Crippen molar-refractivity contribution in [1.82, 2.24) is 10.6 Å². The molecule has 2 aromatic carbocycles. The average molecular weight is 507 g/mol. The van der Waals surface area contributed by atoms with Crippen LogP contribution in [0.2, 0.25) is 0 Å². The van der Waals surface area contributed by atoms with Crippen molar-refractivity contribution in [3.8, 4) is 11.1 Å². The lowest BCUT2D eigenvalue weighted by atomic mass is 9.98. The summed E-state index contributed by atoms with van der Waals surface area (Å²) in [6.45, 7) is 5.27. The van der Waals surface area contributed by atoms with Crippen molar-refractivity contribution >= 4 is 12.0 Å². The quantitative estimate of drug-likeness (QED) is 0.216. The summed E-state index contributed by atoms with van der Waals surface area (Å²) in [6.07, 6.45) is 13.0. The Morgan fingerprint density at radius 3 is 2.05 bits per heavy atom. The Morgan fingerprint density at radius 2 is 1.41 bits per heavy atom. The number of hydrogen-bond donors (Lipinski definition) is 2. The monoisotopic (exact) mass is 506 g/mol. The molecule has 5 nitrogen and oxygen atoms in total. The molecule has 0 saturated carbocycles. The van der Waals surface area contributed by atoms with Crippen molar-refractivity contribution in [1.29, 1.82) is 0 Å². The molecule has 0 fully saturated rings. The Hall–Kier alpha value is -2.82. The zero-order valence-corrected chi connectivity index (χ0v) is 22.9. The highest BCUT2D eigenvalue weighted by Gasteiger charge is 2.29. The van der Waals surface area contributed by atoms with Crippen LogP contribution in [0.3, 0.4) is 0 Å². The molecule has 2 amide bonds. The first-order chi connectivity index (χ1) is 18.1. The molecule has 0 spiro atoms. The fourth-order valence-corrected chi connectivity index (χ4v) is 5.22. The van der Waals surface area contributed by atoms with E-state index in [9.17, 15) is 9.59 Å². The maximum atomic E-state index is 12.4. The molecule has 1 unspecified atom stereocenters. The molecule has 202 valence electrons. The molecule has 1 aliphatic carbocycles. The van der Waals surface area contributed by atoms with E-state index in [4.69, 9.17) is 4.74 Å². The smallest absolute Gasteiger partial charge is 0.407 e. The Labute approximate surface area is 223 Å². The van der Waals surface area contributed by atoms with Gasteiger partial charge in [0.15, 0.2) is 0 Å². The van der Waals surface area contributed by atoms with Gasteiger partial charge in [0.2, 0.25) is 5.91 Å². The van der Waals surface area contributed by atoms with Gasteiger partial charge in [-0.25, -0.2) is 4.79 Å². The first-order valence-electron chi connectivity index (χ1n) is 14.5. The van der Waals surface area contributed by atoms with Gasteiger partial charge in [-0.2, -0.15) is 0 Å². The number of nitrogens with one attached hydrogen (secondary N) is 2. The molecule has 0 saturated heterocycles. The zero-order chi connectivity index (χ0) is 26.3. The third kappa shape index (κ3) is 9.53. The van der Waals surface area contributed by atoms with Gasteiger partial charge in [-0.15, -0.1) is 0 Å². The Bertz CT molecular complexity index is 929. The van der Waals surface area contributed by atoms with Gasteiger partial charge in [-0.05, 0) is 54.9 Å². The fourth-order valence-electron chi connectivity index (χ4n) is 5.22. The number of rotatable bonds is 17. The molecule has 3 rings (SSSR count). The summed E-state index contributed by atoms with van der Waals surface area (Å²) in [5, 5.41) is 5.99. The van der Waals surface area contributed by atoms with Crippen LogP contribution >= 0.6 is 0 Å². The van der Waals surface area contributed by atoms with E-state index in [2.05, 4.69) is 54.0 Å². The first-order valence-corrected chi connectivity index (χ1v) is 14.5. The second-order valence-electron chi connectivity index (χ2n) is 10.4.